The molecular formula is C46H60Cl2Zr. The van der Waals surface area contributed by atoms with Crippen LogP contribution < -0.4 is 24.8 Å². The first kappa shape index (κ1) is 38.1. The smallest absolute Gasteiger partial charge is 1.00 e. The SMILES string of the molecule is CC(C)C1(C2c3cc(C(C)(C)C)ccc3-c3ccc(C(C)(C)C)cc32)C2=C(CC(C34CC5CC(CC(C5)C3)C4)=C2)C2CCCCC21.[Cl-].[Cl-].[Zr+2]. The van der Waals surface area contributed by atoms with Crippen molar-refractivity contribution >= 4 is 0 Å². The van der Waals surface area contributed by atoms with Crippen LogP contribution in [0.2, 0.25) is 0 Å². The zero-order valence-corrected chi connectivity index (χ0v) is 35.6. The van der Waals surface area contributed by atoms with E-state index in [-0.39, 0.29) is 67.3 Å². The zero-order valence-electron chi connectivity index (χ0n) is 31.6. The van der Waals surface area contributed by atoms with Crippen molar-refractivity contribution in [1.29, 1.82) is 0 Å². The van der Waals surface area contributed by atoms with Crippen molar-refractivity contribution < 1.29 is 51.0 Å². The number of hydrogen-bond acceptors (Lipinski definition) is 0. The van der Waals surface area contributed by atoms with Crippen LogP contribution in [0.5, 0.6) is 0 Å². The molecule has 4 bridgehead atoms. The first-order valence-electron chi connectivity index (χ1n) is 19.5. The molecule has 8 aliphatic carbocycles. The molecule has 3 unspecified atom stereocenters. The topological polar surface area (TPSA) is 0 Å². The fraction of sp³-hybridized carbons (Fsp3) is 0.652. The summed E-state index contributed by atoms with van der Waals surface area (Å²) >= 11 is 0. The van der Waals surface area contributed by atoms with Crippen molar-refractivity contribution in [1.82, 2.24) is 0 Å². The van der Waals surface area contributed by atoms with Gasteiger partial charge in [-0.05, 0) is 148 Å². The van der Waals surface area contributed by atoms with E-state index in [1.807, 2.05) is 16.7 Å². The minimum absolute atomic E-state index is 0. The van der Waals surface area contributed by atoms with E-state index >= 15 is 0 Å². The normalized spacial score (nSPS) is 34.1. The average Bonchev–Trinajstić information content (AvgIpc) is 3.64. The molecule has 3 atom stereocenters. The quantitative estimate of drug-likeness (QED) is 0.326. The molecule has 0 N–H and O–H groups in total. The monoisotopic (exact) mass is 772 g/mol. The Hall–Kier alpha value is -0.617. The maximum absolute atomic E-state index is 2.96. The Morgan fingerprint density at radius 1 is 0.694 bits per heavy atom. The average molecular weight is 775 g/mol. The van der Waals surface area contributed by atoms with E-state index in [0.29, 0.717) is 17.3 Å². The molecule has 0 aliphatic heterocycles. The second kappa shape index (κ2) is 12.8. The van der Waals surface area contributed by atoms with E-state index in [4.69, 9.17) is 0 Å². The summed E-state index contributed by atoms with van der Waals surface area (Å²) in [7, 11) is 0. The minimum Gasteiger partial charge on any atom is -1.00 e. The van der Waals surface area contributed by atoms with Crippen molar-refractivity contribution in [2.75, 3.05) is 0 Å². The van der Waals surface area contributed by atoms with Gasteiger partial charge in [-0.1, -0.05) is 122 Å². The zero-order chi connectivity index (χ0) is 32.0. The van der Waals surface area contributed by atoms with E-state index in [0.717, 1.165) is 29.6 Å². The van der Waals surface area contributed by atoms with Crippen LogP contribution in [0.3, 0.4) is 0 Å². The van der Waals surface area contributed by atoms with Gasteiger partial charge in [0.1, 0.15) is 0 Å². The van der Waals surface area contributed by atoms with Gasteiger partial charge >= 0.3 is 26.2 Å². The molecule has 0 spiro atoms. The van der Waals surface area contributed by atoms with Gasteiger partial charge in [0.15, 0.2) is 0 Å². The summed E-state index contributed by atoms with van der Waals surface area (Å²) < 4.78 is 0. The Morgan fingerprint density at radius 2 is 1.18 bits per heavy atom. The molecule has 0 radical (unpaired) electrons. The van der Waals surface area contributed by atoms with Crippen molar-refractivity contribution in [2.24, 2.45) is 46.3 Å². The summed E-state index contributed by atoms with van der Waals surface area (Å²) in [5, 5.41) is 0. The first-order chi connectivity index (χ1) is 21.8. The first-order valence-corrected chi connectivity index (χ1v) is 19.5. The van der Waals surface area contributed by atoms with Crippen LogP contribution in [0.25, 0.3) is 11.1 Å². The molecular weight excluding hydrogens is 715 g/mol. The molecule has 262 valence electrons. The molecule has 0 heterocycles. The molecule has 3 heteroatoms. The fourth-order valence-electron chi connectivity index (χ4n) is 13.7. The van der Waals surface area contributed by atoms with Gasteiger partial charge in [0.05, 0.1) is 0 Å². The summed E-state index contributed by atoms with van der Waals surface area (Å²) in [4.78, 5) is 0. The second-order valence-electron chi connectivity index (χ2n) is 20.1. The molecule has 8 aliphatic rings. The number of fused-ring (bicyclic) bond motifs is 5. The Kier molecular flexibility index (Phi) is 9.93. The van der Waals surface area contributed by atoms with Gasteiger partial charge in [-0.3, -0.25) is 0 Å². The van der Waals surface area contributed by atoms with Crippen LogP contribution in [0.4, 0.5) is 0 Å². The van der Waals surface area contributed by atoms with E-state index in [9.17, 15) is 0 Å². The van der Waals surface area contributed by atoms with Gasteiger partial charge < -0.3 is 24.8 Å². The summed E-state index contributed by atoms with van der Waals surface area (Å²) in [6.45, 7) is 19.7. The molecule has 0 amide bonds. The maximum Gasteiger partial charge on any atom is 2.00 e. The third-order valence-electron chi connectivity index (χ3n) is 15.2. The van der Waals surface area contributed by atoms with Crippen molar-refractivity contribution in [2.45, 2.75) is 143 Å². The van der Waals surface area contributed by atoms with Crippen LogP contribution >= 0.6 is 0 Å². The van der Waals surface area contributed by atoms with Crippen LogP contribution in [0.15, 0.2) is 59.2 Å². The molecule has 2 aromatic rings. The van der Waals surface area contributed by atoms with Crippen molar-refractivity contribution in [3.05, 3.63) is 81.4 Å². The van der Waals surface area contributed by atoms with Gasteiger partial charge in [-0.25, -0.2) is 0 Å². The third-order valence-corrected chi connectivity index (χ3v) is 15.2. The van der Waals surface area contributed by atoms with Gasteiger partial charge in [-0.15, -0.1) is 0 Å². The number of hydrogen-bond donors (Lipinski definition) is 0. The van der Waals surface area contributed by atoms with E-state index < -0.39 is 0 Å². The molecule has 49 heavy (non-hydrogen) atoms. The van der Waals surface area contributed by atoms with Crippen molar-refractivity contribution in [3.8, 4) is 11.1 Å². The van der Waals surface area contributed by atoms with E-state index in [1.165, 1.54) is 73.6 Å². The second-order valence-corrected chi connectivity index (χ2v) is 20.1. The van der Waals surface area contributed by atoms with Crippen LogP contribution in [0, 0.1) is 46.3 Å². The number of halogens is 2. The Bertz CT molecular complexity index is 1580. The summed E-state index contributed by atoms with van der Waals surface area (Å²) in [6.07, 6.45) is 19.1. The molecule has 10 rings (SSSR count). The minimum atomic E-state index is 0. The third kappa shape index (κ3) is 5.49. The van der Waals surface area contributed by atoms with E-state index in [1.54, 1.807) is 30.4 Å². The van der Waals surface area contributed by atoms with Crippen LogP contribution in [0.1, 0.15) is 154 Å². The molecule has 0 aromatic heterocycles. The summed E-state index contributed by atoms with van der Waals surface area (Å²) in [5.74, 6) is 5.63. The van der Waals surface area contributed by atoms with Gasteiger partial charge in [0.25, 0.3) is 0 Å². The maximum atomic E-state index is 2.96. The largest absolute Gasteiger partial charge is 2.00 e. The summed E-state index contributed by atoms with van der Waals surface area (Å²) in [5.41, 5.74) is 16.0. The van der Waals surface area contributed by atoms with E-state index in [2.05, 4.69) is 97.9 Å². The Balaban J connectivity index is 0.00000139. The van der Waals surface area contributed by atoms with Gasteiger partial charge in [-0.2, -0.15) is 0 Å². The number of allylic oxidation sites excluding steroid dienone is 4. The van der Waals surface area contributed by atoms with Gasteiger partial charge in [0, 0.05) is 11.3 Å². The Morgan fingerprint density at radius 3 is 1.65 bits per heavy atom. The molecule has 5 fully saturated rings. The summed E-state index contributed by atoms with van der Waals surface area (Å²) in [6, 6.07) is 15.3. The number of rotatable bonds is 3. The van der Waals surface area contributed by atoms with Gasteiger partial charge in [0.2, 0.25) is 0 Å². The van der Waals surface area contributed by atoms with Crippen molar-refractivity contribution in [3.63, 3.8) is 0 Å². The standard InChI is InChI=1S/C46H60.2ClH.Zr/c1-27(2)46(42-38-20-31(43(3,4)5)13-15-34(38)35-16-14-32(21-39(35)42)44(6,7)8)40-12-10-9-11-36(40)37-22-33(23-41(37)46)45-24-28-17-29(25-45)19-30(18-28)26-45;;;/h13-16,20-21,23,27-30,36,40,42H,9-12,17-19,22,24-26H2,1-8H3;2*1H;/q;;;+2/p-2. The molecule has 0 saturated heterocycles. The van der Waals surface area contributed by atoms with Crippen LogP contribution in [-0.2, 0) is 37.0 Å². The predicted molar refractivity (Wildman–Crippen MR) is 194 cm³/mol. The fourth-order valence-corrected chi connectivity index (χ4v) is 13.7. The Labute approximate surface area is 330 Å². The van der Waals surface area contributed by atoms with Crippen LogP contribution in [-0.4, -0.2) is 0 Å². The molecule has 0 nitrogen and oxygen atoms in total. The predicted octanol–water partition coefficient (Wildman–Crippen LogP) is 6.70. The molecule has 5 saturated carbocycles. The molecule has 2 aromatic carbocycles. The number of benzene rings is 2.